The van der Waals surface area contributed by atoms with E-state index in [2.05, 4.69) is 39.2 Å². The average molecular weight is 444 g/mol. The van der Waals surface area contributed by atoms with Gasteiger partial charge in [0.05, 0.1) is 6.20 Å². The molecule has 0 aliphatic carbocycles. The first-order chi connectivity index (χ1) is 15.2. The monoisotopic (exact) mass is 443 g/mol. The van der Waals surface area contributed by atoms with Crippen molar-refractivity contribution in [3.05, 3.63) is 34.8 Å². The highest BCUT2D eigenvalue weighted by atomic mass is 32.1. The summed E-state index contributed by atoms with van der Waals surface area (Å²) < 4.78 is 11.4. The molecule has 2 saturated heterocycles. The maximum atomic E-state index is 12.7. The summed E-state index contributed by atoms with van der Waals surface area (Å²) in [5.41, 5.74) is 1.25. The van der Waals surface area contributed by atoms with Gasteiger partial charge in [-0.2, -0.15) is 0 Å². The molecule has 9 heteroatoms. The van der Waals surface area contributed by atoms with Crippen molar-refractivity contribution in [1.82, 2.24) is 20.1 Å². The van der Waals surface area contributed by atoms with Gasteiger partial charge in [0.25, 0.3) is 5.91 Å². The Morgan fingerprint density at radius 2 is 1.81 bits per heavy atom. The molecule has 3 aliphatic heterocycles. The van der Waals surface area contributed by atoms with Crippen molar-refractivity contribution in [2.45, 2.75) is 13.0 Å². The van der Waals surface area contributed by atoms with Gasteiger partial charge in [0.1, 0.15) is 18.1 Å². The molecule has 0 unspecified atom stereocenters. The zero-order valence-electron chi connectivity index (χ0n) is 17.9. The lowest BCUT2D eigenvalue weighted by molar-refractivity contribution is 0.0740. The van der Waals surface area contributed by atoms with Crippen LogP contribution in [0.5, 0.6) is 11.5 Å². The summed E-state index contributed by atoms with van der Waals surface area (Å²) in [5, 5.41) is 4.23. The maximum absolute atomic E-state index is 12.7. The molecule has 0 saturated carbocycles. The quantitative estimate of drug-likeness (QED) is 0.773. The predicted molar refractivity (Wildman–Crippen MR) is 121 cm³/mol. The molecule has 0 spiro atoms. The topological polar surface area (TPSA) is 70.2 Å². The second-order valence-electron chi connectivity index (χ2n) is 8.15. The summed E-state index contributed by atoms with van der Waals surface area (Å²) in [6, 6.07) is 6.57. The third-order valence-corrected chi connectivity index (χ3v) is 7.34. The minimum Gasteiger partial charge on any atom is -0.486 e. The first-order valence-corrected chi connectivity index (χ1v) is 11.8. The van der Waals surface area contributed by atoms with E-state index in [-0.39, 0.29) is 5.91 Å². The molecule has 2 fully saturated rings. The molecule has 1 aromatic heterocycles. The predicted octanol–water partition coefficient (Wildman–Crippen LogP) is 1.84. The van der Waals surface area contributed by atoms with Gasteiger partial charge in [0, 0.05) is 58.4 Å². The van der Waals surface area contributed by atoms with E-state index in [1.165, 1.54) is 16.9 Å². The number of hydrogen-bond acceptors (Lipinski definition) is 8. The minimum absolute atomic E-state index is 0.108. The Kier molecular flexibility index (Phi) is 5.97. The first kappa shape index (κ1) is 20.5. The number of ether oxygens (including phenoxy) is 2. The van der Waals surface area contributed by atoms with Crippen LogP contribution in [0.4, 0.5) is 5.13 Å². The van der Waals surface area contributed by atoms with E-state index in [1.807, 2.05) is 11.0 Å². The molecule has 3 aliphatic rings. The van der Waals surface area contributed by atoms with Crippen LogP contribution in [-0.4, -0.2) is 86.3 Å². The Balaban J connectivity index is 1.19. The molecule has 166 valence electrons. The smallest absolute Gasteiger partial charge is 0.265 e. The first-order valence-electron chi connectivity index (χ1n) is 11.0. The summed E-state index contributed by atoms with van der Waals surface area (Å²) in [6.45, 7) is 10.4. The van der Waals surface area contributed by atoms with Crippen molar-refractivity contribution < 1.29 is 14.3 Å². The van der Waals surface area contributed by atoms with Gasteiger partial charge >= 0.3 is 0 Å². The molecule has 1 aromatic carbocycles. The number of rotatable bonds is 4. The van der Waals surface area contributed by atoms with E-state index in [1.54, 1.807) is 6.20 Å². The Hall–Kier alpha value is -2.36. The van der Waals surface area contributed by atoms with E-state index in [0.29, 0.717) is 19.3 Å². The van der Waals surface area contributed by atoms with Gasteiger partial charge in [0.15, 0.2) is 16.6 Å². The van der Waals surface area contributed by atoms with Crippen LogP contribution in [0.1, 0.15) is 28.2 Å². The van der Waals surface area contributed by atoms with Gasteiger partial charge in [-0.05, 0) is 24.6 Å². The second-order valence-corrected chi connectivity index (χ2v) is 9.16. The van der Waals surface area contributed by atoms with Gasteiger partial charge in [-0.1, -0.05) is 17.4 Å². The fraction of sp³-hybridized carbons (Fsp3) is 0.545. The number of thiazole rings is 1. The molecule has 4 heterocycles. The molecule has 1 amide bonds. The lowest BCUT2D eigenvalue weighted by Crippen LogP contribution is -2.47. The summed E-state index contributed by atoms with van der Waals surface area (Å²) in [6.07, 6.45) is 1.74. The van der Waals surface area contributed by atoms with Crippen LogP contribution in [0.2, 0.25) is 0 Å². The number of anilines is 1. The van der Waals surface area contributed by atoms with E-state index in [0.717, 1.165) is 73.9 Å². The van der Waals surface area contributed by atoms with Crippen LogP contribution < -0.4 is 19.7 Å². The van der Waals surface area contributed by atoms with Crippen LogP contribution in [0.15, 0.2) is 24.4 Å². The van der Waals surface area contributed by atoms with Gasteiger partial charge in [-0.15, -0.1) is 0 Å². The number of amides is 1. The Labute approximate surface area is 186 Å². The zero-order chi connectivity index (χ0) is 21.2. The number of benzene rings is 1. The summed E-state index contributed by atoms with van der Waals surface area (Å²) in [7, 11) is 0. The Morgan fingerprint density at radius 3 is 2.58 bits per heavy atom. The normalized spacial score (nSPS) is 20.5. The molecule has 0 radical (unpaired) electrons. The molecule has 31 heavy (non-hydrogen) atoms. The fourth-order valence-corrected chi connectivity index (χ4v) is 5.30. The lowest BCUT2D eigenvalue weighted by Gasteiger charge is -2.38. The SMILES string of the molecule is C[C@H](c1ccc2c(c1)OCCO2)N1CCN(c2ncc(C(=O)N3CCNCC3)s2)CC1. The minimum atomic E-state index is 0.108. The van der Waals surface area contributed by atoms with Gasteiger partial charge < -0.3 is 24.6 Å². The highest BCUT2D eigenvalue weighted by Crippen LogP contribution is 2.34. The van der Waals surface area contributed by atoms with Gasteiger partial charge in [-0.25, -0.2) is 4.98 Å². The van der Waals surface area contributed by atoms with Crippen molar-refractivity contribution in [3.8, 4) is 11.5 Å². The molecule has 0 bridgehead atoms. The summed E-state index contributed by atoms with van der Waals surface area (Å²) in [5.74, 6) is 1.79. The molecule has 1 N–H and O–H groups in total. The van der Waals surface area contributed by atoms with E-state index >= 15 is 0 Å². The molecule has 8 nitrogen and oxygen atoms in total. The number of carbonyl (C=O) groups is 1. The molecular weight excluding hydrogens is 414 g/mol. The standard InChI is InChI=1S/C22H29N5O3S/c1-16(17-2-3-18-19(14-17)30-13-12-29-18)25-8-10-27(11-9-25)22-24-15-20(31-22)21(28)26-6-4-23-5-7-26/h2-3,14-16,23H,4-13H2,1H3/t16-/m1/s1. The Morgan fingerprint density at radius 1 is 1.06 bits per heavy atom. The van der Waals surface area contributed by atoms with Crippen molar-refractivity contribution in [2.75, 3.05) is 70.5 Å². The van der Waals surface area contributed by atoms with Crippen LogP contribution in [0, 0.1) is 0 Å². The van der Waals surface area contributed by atoms with Crippen LogP contribution in [0.3, 0.4) is 0 Å². The average Bonchev–Trinajstić information content (AvgIpc) is 3.34. The van der Waals surface area contributed by atoms with E-state index in [9.17, 15) is 4.79 Å². The lowest BCUT2D eigenvalue weighted by atomic mass is 10.1. The summed E-state index contributed by atoms with van der Waals surface area (Å²) >= 11 is 1.52. The Bertz CT molecular complexity index is 922. The van der Waals surface area contributed by atoms with Crippen LogP contribution in [0.25, 0.3) is 0 Å². The number of hydrogen-bond donors (Lipinski definition) is 1. The van der Waals surface area contributed by atoms with Gasteiger partial charge in [0.2, 0.25) is 0 Å². The van der Waals surface area contributed by atoms with Crippen molar-refractivity contribution in [1.29, 1.82) is 0 Å². The molecule has 1 atom stereocenters. The molecule has 5 rings (SSSR count). The zero-order valence-corrected chi connectivity index (χ0v) is 18.7. The van der Waals surface area contributed by atoms with Gasteiger partial charge in [-0.3, -0.25) is 9.69 Å². The third-order valence-electron chi connectivity index (χ3n) is 6.29. The number of aromatic nitrogens is 1. The molecule has 2 aromatic rings. The largest absolute Gasteiger partial charge is 0.486 e. The third kappa shape index (κ3) is 4.35. The van der Waals surface area contributed by atoms with Crippen LogP contribution in [-0.2, 0) is 0 Å². The van der Waals surface area contributed by atoms with E-state index in [4.69, 9.17) is 9.47 Å². The van der Waals surface area contributed by atoms with E-state index < -0.39 is 0 Å². The highest BCUT2D eigenvalue weighted by Gasteiger charge is 2.26. The van der Waals surface area contributed by atoms with Crippen molar-refractivity contribution >= 4 is 22.4 Å². The number of nitrogens with one attached hydrogen (secondary N) is 1. The van der Waals surface area contributed by atoms with Crippen molar-refractivity contribution in [3.63, 3.8) is 0 Å². The van der Waals surface area contributed by atoms with Crippen molar-refractivity contribution in [2.24, 2.45) is 0 Å². The fourth-order valence-electron chi connectivity index (χ4n) is 4.36. The number of nitrogens with zero attached hydrogens (tertiary/aromatic N) is 4. The highest BCUT2D eigenvalue weighted by molar-refractivity contribution is 7.17. The number of carbonyl (C=O) groups excluding carboxylic acids is 1. The maximum Gasteiger partial charge on any atom is 0.265 e. The van der Waals surface area contributed by atoms with Crippen LogP contribution >= 0.6 is 11.3 Å². The second kappa shape index (κ2) is 9.02. The number of fused-ring (bicyclic) bond motifs is 1. The molecular formula is C22H29N5O3S. The summed E-state index contributed by atoms with van der Waals surface area (Å²) in [4.78, 5) is 24.7. The number of piperazine rings is 2.